The summed E-state index contributed by atoms with van der Waals surface area (Å²) in [4.78, 5) is 30.3. The van der Waals surface area contributed by atoms with Gasteiger partial charge in [-0.2, -0.15) is 5.10 Å². The summed E-state index contributed by atoms with van der Waals surface area (Å²) in [5, 5.41) is 9.17. The fourth-order valence-corrected chi connectivity index (χ4v) is 4.20. The summed E-state index contributed by atoms with van der Waals surface area (Å²) in [5.74, 6) is -0.319. The second-order valence-corrected chi connectivity index (χ2v) is 8.16. The molecule has 31 heavy (non-hydrogen) atoms. The summed E-state index contributed by atoms with van der Waals surface area (Å²) >= 11 is 6.21. The number of fused-ring (bicyclic) bond motifs is 1. The number of nitrogens with one attached hydrogen (secondary N) is 1. The van der Waals surface area contributed by atoms with Crippen molar-refractivity contribution in [2.45, 2.75) is 20.4 Å². The molecule has 2 aromatic carbocycles. The Morgan fingerprint density at radius 3 is 2.52 bits per heavy atom. The number of benzene rings is 2. The number of amides is 1. The number of likely N-dealkylation sites (N-methyl/N-ethyl adjacent to an activating group) is 1. The lowest BCUT2D eigenvalue weighted by Crippen LogP contribution is -2.46. The molecule has 1 aliphatic heterocycles. The van der Waals surface area contributed by atoms with Gasteiger partial charge in [-0.3, -0.25) is 9.59 Å². The van der Waals surface area contributed by atoms with Crippen LogP contribution in [0.15, 0.2) is 47.3 Å². The molecule has 1 fully saturated rings. The molecule has 0 bridgehead atoms. The molecule has 1 aromatic heterocycles. The molecule has 162 valence electrons. The Bertz CT molecular complexity index is 1170. The van der Waals surface area contributed by atoms with Crippen LogP contribution in [0.1, 0.15) is 12.6 Å². The van der Waals surface area contributed by atoms with Crippen molar-refractivity contribution >= 4 is 39.7 Å². The third-order valence-electron chi connectivity index (χ3n) is 5.74. The van der Waals surface area contributed by atoms with Crippen LogP contribution in [-0.4, -0.2) is 53.3 Å². The topological polar surface area (TPSA) is 70.5 Å². The SMILES string of the molecule is CCN1CCN(c2ccc(Cl)cc2NC(=O)Cn2nc(C)c3ccccc3c2=O)CC1. The van der Waals surface area contributed by atoms with Gasteiger partial charge in [0.05, 0.1) is 22.5 Å². The first-order chi connectivity index (χ1) is 15.0. The lowest BCUT2D eigenvalue weighted by atomic mass is 10.1. The summed E-state index contributed by atoms with van der Waals surface area (Å²) in [6.45, 7) is 8.57. The highest BCUT2D eigenvalue weighted by Gasteiger charge is 2.20. The van der Waals surface area contributed by atoms with Gasteiger partial charge in [0.25, 0.3) is 5.56 Å². The highest BCUT2D eigenvalue weighted by atomic mass is 35.5. The van der Waals surface area contributed by atoms with E-state index in [9.17, 15) is 9.59 Å². The Balaban J connectivity index is 1.56. The first-order valence-corrected chi connectivity index (χ1v) is 10.9. The van der Waals surface area contributed by atoms with Gasteiger partial charge in [0, 0.05) is 36.6 Å². The van der Waals surface area contributed by atoms with Crippen LogP contribution < -0.4 is 15.8 Å². The second kappa shape index (κ2) is 9.08. The third kappa shape index (κ3) is 4.57. The average molecular weight is 440 g/mol. The van der Waals surface area contributed by atoms with Gasteiger partial charge in [-0.1, -0.05) is 36.7 Å². The van der Waals surface area contributed by atoms with Gasteiger partial charge in [-0.25, -0.2) is 4.68 Å². The van der Waals surface area contributed by atoms with Gasteiger partial charge in [-0.15, -0.1) is 0 Å². The highest BCUT2D eigenvalue weighted by Crippen LogP contribution is 2.30. The smallest absolute Gasteiger partial charge is 0.275 e. The Hall–Kier alpha value is -2.90. The predicted molar refractivity (Wildman–Crippen MR) is 125 cm³/mol. The quantitative estimate of drug-likeness (QED) is 0.661. The number of piperazine rings is 1. The number of carbonyl (C=O) groups excluding carboxylic acids is 1. The molecule has 7 nitrogen and oxygen atoms in total. The predicted octanol–water partition coefficient (Wildman–Crippen LogP) is 3.14. The number of hydrogen-bond donors (Lipinski definition) is 1. The van der Waals surface area contributed by atoms with Gasteiger partial charge in [0.2, 0.25) is 5.91 Å². The summed E-state index contributed by atoms with van der Waals surface area (Å²) in [5.41, 5.74) is 2.01. The summed E-state index contributed by atoms with van der Waals surface area (Å²) in [7, 11) is 0. The molecule has 1 aliphatic rings. The van der Waals surface area contributed by atoms with Crippen LogP contribution in [0.5, 0.6) is 0 Å². The number of hydrogen-bond acceptors (Lipinski definition) is 5. The zero-order chi connectivity index (χ0) is 22.0. The van der Waals surface area contributed by atoms with E-state index in [0.717, 1.165) is 43.8 Å². The van der Waals surface area contributed by atoms with E-state index < -0.39 is 0 Å². The number of halogens is 1. The molecule has 0 spiro atoms. The fourth-order valence-electron chi connectivity index (χ4n) is 4.03. The van der Waals surface area contributed by atoms with E-state index in [-0.39, 0.29) is 18.0 Å². The molecule has 2 heterocycles. The monoisotopic (exact) mass is 439 g/mol. The van der Waals surface area contributed by atoms with Crippen LogP contribution in [0.4, 0.5) is 11.4 Å². The van der Waals surface area contributed by atoms with E-state index in [0.29, 0.717) is 21.8 Å². The Morgan fingerprint density at radius 1 is 1.10 bits per heavy atom. The molecule has 4 rings (SSSR count). The molecule has 3 aromatic rings. The van der Waals surface area contributed by atoms with Gasteiger partial charge < -0.3 is 15.1 Å². The van der Waals surface area contributed by atoms with Crippen molar-refractivity contribution in [2.75, 3.05) is 42.9 Å². The van der Waals surface area contributed by atoms with Crippen molar-refractivity contribution < 1.29 is 4.79 Å². The second-order valence-electron chi connectivity index (χ2n) is 7.72. The Morgan fingerprint density at radius 2 is 1.81 bits per heavy atom. The van der Waals surface area contributed by atoms with Crippen LogP contribution in [-0.2, 0) is 11.3 Å². The third-order valence-corrected chi connectivity index (χ3v) is 5.97. The van der Waals surface area contributed by atoms with E-state index in [2.05, 4.69) is 27.1 Å². The molecular weight excluding hydrogens is 414 g/mol. The molecule has 1 amide bonds. The first-order valence-electron chi connectivity index (χ1n) is 10.5. The number of nitrogens with zero attached hydrogens (tertiary/aromatic N) is 4. The van der Waals surface area contributed by atoms with E-state index >= 15 is 0 Å². The minimum absolute atomic E-state index is 0.167. The van der Waals surface area contributed by atoms with E-state index in [1.54, 1.807) is 12.1 Å². The van der Waals surface area contributed by atoms with E-state index in [1.165, 1.54) is 4.68 Å². The van der Waals surface area contributed by atoms with E-state index in [1.807, 2.05) is 37.3 Å². The first kappa shape index (κ1) is 21.3. The van der Waals surface area contributed by atoms with Gasteiger partial charge in [0.1, 0.15) is 6.54 Å². The van der Waals surface area contributed by atoms with Gasteiger partial charge in [0.15, 0.2) is 0 Å². The molecule has 8 heteroatoms. The van der Waals surface area contributed by atoms with Crippen LogP contribution in [0.2, 0.25) is 5.02 Å². The Kier molecular flexibility index (Phi) is 6.25. The van der Waals surface area contributed by atoms with Crippen LogP contribution in [0, 0.1) is 6.92 Å². The summed E-state index contributed by atoms with van der Waals surface area (Å²) in [6, 6.07) is 12.8. The molecule has 0 radical (unpaired) electrons. The van der Waals surface area contributed by atoms with Crippen molar-refractivity contribution in [3.63, 3.8) is 0 Å². The minimum atomic E-state index is -0.319. The van der Waals surface area contributed by atoms with Crippen molar-refractivity contribution in [3.8, 4) is 0 Å². The van der Waals surface area contributed by atoms with Crippen LogP contribution in [0.25, 0.3) is 10.8 Å². The number of rotatable bonds is 5. The largest absolute Gasteiger partial charge is 0.367 e. The zero-order valence-electron chi connectivity index (χ0n) is 17.8. The highest BCUT2D eigenvalue weighted by molar-refractivity contribution is 6.31. The maximum atomic E-state index is 12.8. The number of aromatic nitrogens is 2. The summed E-state index contributed by atoms with van der Waals surface area (Å²) < 4.78 is 1.22. The van der Waals surface area contributed by atoms with Crippen LogP contribution >= 0.6 is 11.6 Å². The maximum Gasteiger partial charge on any atom is 0.275 e. The van der Waals surface area contributed by atoms with Crippen molar-refractivity contribution in [1.29, 1.82) is 0 Å². The Labute approximate surface area is 186 Å². The lowest BCUT2D eigenvalue weighted by molar-refractivity contribution is -0.117. The lowest BCUT2D eigenvalue weighted by Gasteiger charge is -2.36. The van der Waals surface area contributed by atoms with Crippen molar-refractivity contribution in [1.82, 2.24) is 14.7 Å². The fraction of sp³-hybridized carbons (Fsp3) is 0.348. The standard InChI is InChI=1S/C23H26ClN5O2/c1-3-27-10-12-28(13-11-27)21-9-8-17(24)14-20(21)25-22(30)15-29-23(31)19-7-5-4-6-18(19)16(2)26-29/h4-9,14H,3,10-13,15H2,1-2H3,(H,25,30). The molecule has 0 unspecified atom stereocenters. The number of carbonyl (C=O) groups is 1. The molecular formula is C23H26ClN5O2. The number of anilines is 2. The molecule has 0 atom stereocenters. The molecule has 0 aliphatic carbocycles. The van der Waals surface area contributed by atoms with Crippen molar-refractivity contribution in [2.24, 2.45) is 0 Å². The number of aryl methyl sites for hydroxylation is 1. The molecule has 0 saturated carbocycles. The van der Waals surface area contributed by atoms with Crippen molar-refractivity contribution in [3.05, 3.63) is 63.5 Å². The normalized spacial score (nSPS) is 14.7. The molecule has 1 saturated heterocycles. The van der Waals surface area contributed by atoms with Gasteiger partial charge >= 0.3 is 0 Å². The molecule has 1 N–H and O–H groups in total. The maximum absolute atomic E-state index is 12.8. The van der Waals surface area contributed by atoms with Gasteiger partial charge in [-0.05, 0) is 37.7 Å². The minimum Gasteiger partial charge on any atom is -0.367 e. The summed E-state index contributed by atoms with van der Waals surface area (Å²) in [6.07, 6.45) is 0. The van der Waals surface area contributed by atoms with E-state index in [4.69, 9.17) is 11.6 Å². The zero-order valence-corrected chi connectivity index (χ0v) is 18.5. The average Bonchev–Trinajstić information content (AvgIpc) is 2.77. The van der Waals surface area contributed by atoms with Crippen LogP contribution in [0.3, 0.4) is 0 Å².